The first kappa shape index (κ1) is 16.2. The summed E-state index contributed by atoms with van der Waals surface area (Å²) in [5.74, 6) is 2.58. The molecule has 0 amide bonds. The Morgan fingerprint density at radius 2 is 2.41 bits per heavy atom. The quantitative estimate of drug-likeness (QED) is 0.865. The van der Waals surface area contributed by atoms with E-state index < -0.39 is 5.60 Å². The molecule has 0 aromatic carbocycles. The van der Waals surface area contributed by atoms with E-state index in [1.54, 1.807) is 0 Å². The number of thioether (sulfide) groups is 1. The summed E-state index contributed by atoms with van der Waals surface area (Å²) in [6.45, 7) is 6.20. The normalized spacial score (nSPS) is 33.2. The second kappa shape index (κ2) is 7.30. The standard InChI is InChI=1S/C17H27N3OS/c1-14-10-20(11-15-4-2-3-7-18-15)8-5-16(14)19-12-17(21)6-9-22-13-17/h2-4,7,14,16,19,21H,5-6,8-13H2,1H3. The molecule has 3 unspecified atom stereocenters. The van der Waals surface area contributed by atoms with Crippen LogP contribution in [0.1, 0.15) is 25.5 Å². The third kappa shape index (κ3) is 4.22. The average Bonchev–Trinajstić information content (AvgIpc) is 2.95. The van der Waals surface area contributed by atoms with E-state index in [4.69, 9.17) is 0 Å². The van der Waals surface area contributed by atoms with Gasteiger partial charge in [0, 0.05) is 44.2 Å². The van der Waals surface area contributed by atoms with Crippen LogP contribution in [0.4, 0.5) is 0 Å². The monoisotopic (exact) mass is 321 g/mol. The van der Waals surface area contributed by atoms with Crippen LogP contribution in [-0.2, 0) is 6.54 Å². The van der Waals surface area contributed by atoms with E-state index in [9.17, 15) is 5.11 Å². The lowest BCUT2D eigenvalue weighted by molar-refractivity contribution is 0.0542. The minimum atomic E-state index is -0.477. The Balaban J connectivity index is 1.45. The zero-order valence-corrected chi connectivity index (χ0v) is 14.2. The van der Waals surface area contributed by atoms with E-state index in [-0.39, 0.29) is 0 Å². The molecule has 2 aliphatic heterocycles. The molecule has 0 saturated carbocycles. The van der Waals surface area contributed by atoms with Gasteiger partial charge in [-0.15, -0.1) is 0 Å². The van der Waals surface area contributed by atoms with E-state index in [0.717, 1.165) is 56.2 Å². The second-order valence-electron chi connectivity index (χ2n) is 6.84. The fourth-order valence-electron chi connectivity index (χ4n) is 3.46. The number of piperidine rings is 1. The minimum Gasteiger partial charge on any atom is -0.388 e. The topological polar surface area (TPSA) is 48.4 Å². The summed E-state index contributed by atoms with van der Waals surface area (Å²) in [5.41, 5.74) is 0.675. The summed E-state index contributed by atoms with van der Waals surface area (Å²) in [6, 6.07) is 6.64. The number of aromatic nitrogens is 1. The molecule has 0 spiro atoms. The largest absolute Gasteiger partial charge is 0.388 e. The average molecular weight is 321 g/mol. The molecule has 3 rings (SSSR count). The highest BCUT2D eigenvalue weighted by atomic mass is 32.2. The van der Waals surface area contributed by atoms with Gasteiger partial charge in [0.25, 0.3) is 0 Å². The van der Waals surface area contributed by atoms with Crippen molar-refractivity contribution in [3.63, 3.8) is 0 Å². The zero-order valence-electron chi connectivity index (χ0n) is 13.4. The van der Waals surface area contributed by atoms with Crippen molar-refractivity contribution in [2.75, 3.05) is 31.1 Å². The molecule has 22 heavy (non-hydrogen) atoms. The molecule has 1 aromatic heterocycles. The summed E-state index contributed by atoms with van der Waals surface area (Å²) in [7, 11) is 0. The summed E-state index contributed by atoms with van der Waals surface area (Å²) < 4.78 is 0. The maximum atomic E-state index is 10.5. The van der Waals surface area contributed by atoms with Crippen LogP contribution in [0.2, 0.25) is 0 Å². The molecule has 2 saturated heterocycles. The molecule has 2 aliphatic rings. The summed E-state index contributed by atoms with van der Waals surface area (Å²) in [6.07, 6.45) is 3.95. The first-order chi connectivity index (χ1) is 10.6. The zero-order chi connectivity index (χ0) is 15.4. The SMILES string of the molecule is CC1CN(Cc2ccccn2)CCC1NCC1(O)CCSC1. The van der Waals surface area contributed by atoms with Crippen LogP contribution in [0.15, 0.2) is 24.4 Å². The van der Waals surface area contributed by atoms with Gasteiger partial charge >= 0.3 is 0 Å². The van der Waals surface area contributed by atoms with Gasteiger partial charge in [0.2, 0.25) is 0 Å². The van der Waals surface area contributed by atoms with Gasteiger partial charge in [-0.2, -0.15) is 11.8 Å². The molecule has 2 fully saturated rings. The third-order valence-electron chi connectivity index (χ3n) is 4.88. The predicted molar refractivity (Wildman–Crippen MR) is 92.0 cm³/mol. The third-order valence-corrected chi connectivity index (χ3v) is 6.11. The molecular weight excluding hydrogens is 294 g/mol. The molecule has 2 N–H and O–H groups in total. The number of hydrogen-bond acceptors (Lipinski definition) is 5. The van der Waals surface area contributed by atoms with Crippen LogP contribution in [0, 0.1) is 5.92 Å². The van der Waals surface area contributed by atoms with E-state index in [2.05, 4.69) is 34.3 Å². The minimum absolute atomic E-state index is 0.477. The molecule has 5 heteroatoms. The molecule has 0 bridgehead atoms. The first-order valence-electron chi connectivity index (χ1n) is 8.30. The van der Waals surface area contributed by atoms with Crippen LogP contribution in [-0.4, -0.2) is 57.8 Å². The lowest BCUT2D eigenvalue weighted by Gasteiger charge is -2.38. The van der Waals surface area contributed by atoms with E-state index in [1.165, 1.54) is 0 Å². The van der Waals surface area contributed by atoms with Crippen molar-refractivity contribution in [3.05, 3.63) is 30.1 Å². The van der Waals surface area contributed by atoms with Gasteiger partial charge in [-0.1, -0.05) is 13.0 Å². The Morgan fingerprint density at radius 3 is 3.09 bits per heavy atom. The number of hydrogen-bond donors (Lipinski definition) is 2. The Bertz CT molecular complexity index is 464. The van der Waals surface area contributed by atoms with E-state index >= 15 is 0 Å². The number of pyridine rings is 1. The van der Waals surface area contributed by atoms with Crippen molar-refractivity contribution in [1.82, 2.24) is 15.2 Å². The fraction of sp³-hybridized carbons (Fsp3) is 0.706. The number of likely N-dealkylation sites (tertiary alicyclic amines) is 1. The van der Waals surface area contributed by atoms with Gasteiger partial charge in [-0.05, 0) is 36.6 Å². The lowest BCUT2D eigenvalue weighted by Crippen LogP contribution is -2.52. The Labute approximate surface area is 137 Å². The van der Waals surface area contributed by atoms with Crippen molar-refractivity contribution >= 4 is 11.8 Å². The summed E-state index contributed by atoms with van der Waals surface area (Å²) in [4.78, 5) is 6.91. The van der Waals surface area contributed by atoms with Crippen molar-refractivity contribution in [1.29, 1.82) is 0 Å². The molecule has 3 atom stereocenters. The molecule has 4 nitrogen and oxygen atoms in total. The van der Waals surface area contributed by atoms with Gasteiger partial charge < -0.3 is 10.4 Å². The van der Waals surface area contributed by atoms with Crippen molar-refractivity contribution in [2.24, 2.45) is 5.92 Å². The van der Waals surface area contributed by atoms with Crippen LogP contribution >= 0.6 is 11.8 Å². The highest BCUT2D eigenvalue weighted by Gasteiger charge is 2.33. The van der Waals surface area contributed by atoms with Crippen LogP contribution in [0.5, 0.6) is 0 Å². The number of nitrogens with zero attached hydrogens (tertiary/aromatic N) is 2. The molecular formula is C17H27N3OS. The van der Waals surface area contributed by atoms with Crippen molar-refractivity contribution in [3.8, 4) is 0 Å². The maximum absolute atomic E-state index is 10.5. The second-order valence-corrected chi connectivity index (χ2v) is 7.94. The number of rotatable bonds is 5. The van der Waals surface area contributed by atoms with Gasteiger partial charge in [-0.3, -0.25) is 9.88 Å². The number of nitrogens with one attached hydrogen (secondary N) is 1. The Kier molecular flexibility index (Phi) is 5.39. The molecule has 122 valence electrons. The molecule has 1 aromatic rings. The lowest BCUT2D eigenvalue weighted by atomic mass is 9.92. The number of aliphatic hydroxyl groups is 1. The Hall–Kier alpha value is -0.620. The van der Waals surface area contributed by atoms with Crippen LogP contribution in [0.25, 0.3) is 0 Å². The summed E-state index contributed by atoms with van der Waals surface area (Å²) in [5, 5.41) is 14.1. The fourth-order valence-corrected chi connectivity index (χ4v) is 4.75. The van der Waals surface area contributed by atoms with Crippen molar-refractivity contribution < 1.29 is 5.11 Å². The van der Waals surface area contributed by atoms with Gasteiger partial charge in [0.05, 0.1) is 11.3 Å². The molecule has 0 radical (unpaired) electrons. The highest BCUT2D eigenvalue weighted by Crippen LogP contribution is 2.28. The van der Waals surface area contributed by atoms with E-state index in [0.29, 0.717) is 12.0 Å². The maximum Gasteiger partial charge on any atom is 0.0869 e. The van der Waals surface area contributed by atoms with Crippen LogP contribution < -0.4 is 5.32 Å². The molecule has 3 heterocycles. The van der Waals surface area contributed by atoms with Crippen LogP contribution in [0.3, 0.4) is 0 Å². The molecule has 0 aliphatic carbocycles. The first-order valence-corrected chi connectivity index (χ1v) is 9.46. The van der Waals surface area contributed by atoms with Gasteiger partial charge in [0.15, 0.2) is 0 Å². The van der Waals surface area contributed by atoms with Gasteiger partial charge in [0.1, 0.15) is 0 Å². The summed E-state index contributed by atoms with van der Waals surface area (Å²) >= 11 is 1.86. The Morgan fingerprint density at radius 1 is 1.50 bits per heavy atom. The van der Waals surface area contributed by atoms with Gasteiger partial charge in [-0.25, -0.2) is 0 Å². The van der Waals surface area contributed by atoms with E-state index in [1.807, 2.05) is 24.0 Å². The smallest absolute Gasteiger partial charge is 0.0869 e. The predicted octanol–water partition coefficient (Wildman–Crippen LogP) is 1.75. The van der Waals surface area contributed by atoms with Crippen molar-refractivity contribution in [2.45, 2.75) is 38.0 Å². The highest BCUT2D eigenvalue weighted by molar-refractivity contribution is 7.99.